The Bertz CT molecular complexity index is 566. The van der Waals surface area contributed by atoms with Crippen LogP contribution in [0.4, 0.5) is 0 Å². The van der Waals surface area contributed by atoms with Gasteiger partial charge in [-0.15, -0.1) is 23.2 Å². The molecule has 28 heavy (non-hydrogen) atoms. The number of benzene rings is 1. The van der Waals surface area contributed by atoms with Gasteiger partial charge in [-0.2, -0.15) is 0 Å². The summed E-state index contributed by atoms with van der Waals surface area (Å²) < 4.78 is 0. The summed E-state index contributed by atoms with van der Waals surface area (Å²) in [6.07, 6.45) is 15.2. The smallest absolute Gasteiger partial charge is 0.0790 e. The van der Waals surface area contributed by atoms with E-state index in [-0.39, 0.29) is 55.5 Å². The van der Waals surface area contributed by atoms with Crippen LogP contribution < -0.4 is 0 Å². The molecule has 1 fully saturated rings. The molecule has 2 rings (SSSR count). The van der Waals surface area contributed by atoms with Crippen molar-refractivity contribution in [1.82, 2.24) is 0 Å². The zero-order valence-electron chi connectivity index (χ0n) is 16.9. The Hall–Kier alpha value is 0.954. The van der Waals surface area contributed by atoms with Gasteiger partial charge in [0, 0.05) is 49.4 Å². The van der Waals surface area contributed by atoms with Gasteiger partial charge in [-0.3, -0.25) is 6.26 Å². The molecule has 1 N–H and O–H groups in total. The molecule has 0 heterocycles. The fourth-order valence-corrected chi connectivity index (χ4v) is 5.38. The monoisotopic (exact) mass is 516 g/mol. The van der Waals surface area contributed by atoms with Crippen molar-refractivity contribution in [3.8, 4) is 0 Å². The van der Waals surface area contributed by atoms with Crippen LogP contribution in [0.15, 0.2) is 36.4 Å². The number of allylic oxidation sites excluding steroid dienone is 1. The van der Waals surface area contributed by atoms with E-state index >= 15 is 0 Å². The predicted octanol–water partition coefficient (Wildman–Crippen LogP) is 7.48. The van der Waals surface area contributed by atoms with Gasteiger partial charge in [-0.25, -0.2) is 0 Å². The minimum atomic E-state index is -0.369. The number of halogens is 2. The third-order valence-electron chi connectivity index (χ3n) is 5.59. The second-order valence-electron chi connectivity index (χ2n) is 7.57. The van der Waals surface area contributed by atoms with E-state index in [4.69, 9.17) is 23.2 Å². The molecular formula is C23H33Cl2OSY-. The molecule has 1 saturated carbocycles. The van der Waals surface area contributed by atoms with Crippen molar-refractivity contribution in [3.05, 3.63) is 53.8 Å². The van der Waals surface area contributed by atoms with Gasteiger partial charge in [-0.1, -0.05) is 69.0 Å². The molecule has 0 aliphatic heterocycles. The Balaban J connectivity index is 0.00000392. The first kappa shape index (κ1) is 27.0. The van der Waals surface area contributed by atoms with Crippen molar-refractivity contribution in [2.75, 3.05) is 5.75 Å². The molecule has 1 aliphatic rings. The molecule has 5 atom stereocenters. The van der Waals surface area contributed by atoms with Crippen LogP contribution in [0.3, 0.4) is 0 Å². The number of thioether (sulfide) groups is 1. The third-order valence-corrected chi connectivity index (χ3v) is 6.97. The first-order valence-corrected chi connectivity index (χ1v) is 12.2. The summed E-state index contributed by atoms with van der Waals surface area (Å²) in [4.78, 5) is 0. The van der Waals surface area contributed by atoms with Crippen LogP contribution in [0.2, 0.25) is 0 Å². The zero-order chi connectivity index (χ0) is 19.6. The largest absolute Gasteiger partial charge is 0.388 e. The number of hydrogen-bond acceptors (Lipinski definition) is 2. The van der Waals surface area contributed by atoms with E-state index in [1.165, 1.54) is 24.8 Å². The second kappa shape index (κ2) is 14.9. The normalized spacial score (nSPS) is 25.8. The third kappa shape index (κ3) is 8.24. The van der Waals surface area contributed by atoms with Gasteiger partial charge in [0.15, 0.2) is 0 Å². The maximum atomic E-state index is 10.4. The quantitative estimate of drug-likeness (QED) is 0.142. The van der Waals surface area contributed by atoms with Crippen molar-refractivity contribution < 1.29 is 37.8 Å². The maximum absolute atomic E-state index is 10.4. The Morgan fingerprint density at radius 3 is 2.50 bits per heavy atom. The van der Waals surface area contributed by atoms with Gasteiger partial charge in [0.1, 0.15) is 0 Å². The molecule has 0 aromatic heterocycles. The van der Waals surface area contributed by atoms with E-state index in [1.54, 1.807) is 11.8 Å². The summed E-state index contributed by atoms with van der Waals surface area (Å²) in [6.45, 7) is 2.21. The zero-order valence-corrected chi connectivity index (χ0v) is 22.1. The van der Waals surface area contributed by atoms with E-state index in [1.807, 2.05) is 0 Å². The molecule has 1 aliphatic carbocycles. The molecule has 0 bridgehead atoms. The van der Waals surface area contributed by atoms with E-state index in [2.05, 4.69) is 49.6 Å². The van der Waals surface area contributed by atoms with Crippen LogP contribution in [0, 0.1) is 12.2 Å². The molecule has 5 unspecified atom stereocenters. The summed E-state index contributed by atoms with van der Waals surface area (Å²) in [5, 5.41) is 10.6. The number of aliphatic hydroxyl groups is 1. The molecule has 5 heteroatoms. The van der Waals surface area contributed by atoms with E-state index < -0.39 is 0 Å². The molecule has 1 radical (unpaired) electrons. The van der Waals surface area contributed by atoms with Crippen molar-refractivity contribution in [3.63, 3.8) is 0 Å². The summed E-state index contributed by atoms with van der Waals surface area (Å²) in [5.41, 5.74) is 2.25. The summed E-state index contributed by atoms with van der Waals surface area (Å²) in [6, 6.07) is 8.42. The van der Waals surface area contributed by atoms with Crippen molar-refractivity contribution in [2.45, 2.75) is 74.6 Å². The summed E-state index contributed by atoms with van der Waals surface area (Å²) in [5.74, 6) is 1.55. The number of aliphatic hydroxyl groups excluding tert-OH is 1. The van der Waals surface area contributed by atoms with Crippen LogP contribution in [-0.4, -0.2) is 21.6 Å². The summed E-state index contributed by atoms with van der Waals surface area (Å²) >= 11 is 14.9. The molecule has 1 nitrogen and oxygen atoms in total. The van der Waals surface area contributed by atoms with Crippen LogP contribution in [-0.2, 0) is 32.7 Å². The Morgan fingerprint density at radius 1 is 1.14 bits per heavy atom. The van der Waals surface area contributed by atoms with Crippen LogP contribution >= 0.6 is 35.0 Å². The summed E-state index contributed by atoms with van der Waals surface area (Å²) in [7, 11) is 0. The topological polar surface area (TPSA) is 20.2 Å². The molecule has 0 amide bonds. The van der Waals surface area contributed by atoms with Crippen LogP contribution in [0.25, 0.3) is 0 Å². The minimum absolute atomic E-state index is 0. The SMILES string of the molecule is [CH2-]SC/C=C\CC1C(Cl)CC(Cl)C1c1ccc(C(O)CCCCCC)cc1.[Y]. The second-order valence-corrected chi connectivity index (χ2v) is 9.43. The van der Waals surface area contributed by atoms with Gasteiger partial charge in [0.05, 0.1) is 6.10 Å². The molecule has 0 spiro atoms. The Kier molecular flexibility index (Phi) is 14.3. The number of unbranched alkanes of at least 4 members (excludes halogenated alkanes) is 3. The molecule has 1 aromatic rings. The Morgan fingerprint density at radius 2 is 1.86 bits per heavy atom. The Labute approximate surface area is 211 Å². The molecule has 1 aromatic carbocycles. The number of rotatable bonds is 11. The van der Waals surface area contributed by atoms with Crippen molar-refractivity contribution in [2.24, 2.45) is 5.92 Å². The average Bonchev–Trinajstić information content (AvgIpc) is 2.95. The van der Waals surface area contributed by atoms with Gasteiger partial charge in [-0.05, 0) is 42.1 Å². The van der Waals surface area contributed by atoms with Gasteiger partial charge >= 0.3 is 0 Å². The molecular weight excluding hydrogens is 484 g/mol. The number of alkyl halides is 2. The maximum Gasteiger partial charge on any atom is 0.0790 e. The standard InChI is InChI=1S/C23H33Cl2OS.Y/c1-3-4-5-6-10-22(26)17-11-13-18(14-12-17)23-19(9-7-8-15-27-2)20(24)16-21(23)25;/h7-8,11-14,19-23,26H,2-6,9-10,15-16H2,1H3;/q-1;/b8-7-;. The van der Waals surface area contributed by atoms with Crippen LogP contribution in [0.1, 0.15) is 75.0 Å². The first-order valence-electron chi connectivity index (χ1n) is 10.2. The van der Waals surface area contributed by atoms with Crippen molar-refractivity contribution >= 4 is 35.0 Å². The fraction of sp³-hybridized carbons (Fsp3) is 0.609. The van der Waals surface area contributed by atoms with Gasteiger partial charge in [0.2, 0.25) is 0 Å². The first-order chi connectivity index (χ1) is 13.1. The average molecular weight is 517 g/mol. The predicted molar refractivity (Wildman–Crippen MR) is 122 cm³/mol. The number of hydrogen-bond donors (Lipinski definition) is 1. The van der Waals surface area contributed by atoms with E-state index in [9.17, 15) is 5.11 Å². The van der Waals surface area contributed by atoms with E-state index in [0.717, 1.165) is 37.0 Å². The molecule has 0 saturated heterocycles. The van der Waals surface area contributed by atoms with Crippen LogP contribution in [0.5, 0.6) is 0 Å². The van der Waals surface area contributed by atoms with Gasteiger partial charge in [0.25, 0.3) is 0 Å². The van der Waals surface area contributed by atoms with Crippen molar-refractivity contribution in [1.29, 1.82) is 0 Å². The minimum Gasteiger partial charge on any atom is -0.388 e. The van der Waals surface area contributed by atoms with Gasteiger partial charge < -0.3 is 16.9 Å². The molecule has 155 valence electrons. The van der Waals surface area contributed by atoms with E-state index in [0.29, 0.717) is 5.92 Å². The fourth-order valence-electron chi connectivity index (χ4n) is 4.04.